The second-order valence-electron chi connectivity index (χ2n) is 9.67. The molecule has 1 amide bonds. The molecule has 1 fully saturated rings. The third-order valence-corrected chi connectivity index (χ3v) is 7.23. The van der Waals surface area contributed by atoms with E-state index in [1.54, 1.807) is 11.3 Å². The largest absolute Gasteiger partial charge is 0.346 e. The molecule has 1 saturated carbocycles. The summed E-state index contributed by atoms with van der Waals surface area (Å²) < 4.78 is 0. The maximum absolute atomic E-state index is 12.5. The highest BCUT2D eigenvalue weighted by molar-refractivity contribution is 7.14. The third kappa shape index (κ3) is 7.43. The van der Waals surface area contributed by atoms with Gasteiger partial charge < -0.3 is 10.6 Å². The summed E-state index contributed by atoms with van der Waals surface area (Å²) in [5.74, 6) is 0.855. The molecule has 0 saturated heterocycles. The lowest BCUT2D eigenvalue weighted by atomic mass is 9.95. The summed E-state index contributed by atoms with van der Waals surface area (Å²) in [5.41, 5.74) is 4.33. The molecule has 2 N–H and O–H groups in total. The number of amidine groups is 1. The van der Waals surface area contributed by atoms with Crippen molar-refractivity contribution in [3.63, 3.8) is 0 Å². The zero-order chi connectivity index (χ0) is 23.8. The number of allylic oxidation sites excluding steroid dienone is 1. The van der Waals surface area contributed by atoms with Crippen molar-refractivity contribution in [2.24, 2.45) is 4.99 Å². The van der Waals surface area contributed by atoms with Crippen molar-refractivity contribution in [3.05, 3.63) is 75.1 Å². The van der Waals surface area contributed by atoms with Crippen LogP contribution in [0.1, 0.15) is 88.3 Å². The summed E-state index contributed by atoms with van der Waals surface area (Å²) in [4.78, 5) is 19.2. The molecule has 1 aromatic heterocycles. The van der Waals surface area contributed by atoms with E-state index in [9.17, 15) is 4.79 Å². The lowest BCUT2D eigenvalue weighted by Gasteiger charge is -2.15. The number of nitrogens with zero attached hydrogens (tertiary/aromatic N) is 1. The Kier molecular flexibility index (Phi) is 8.67. The van der Waals surface area contributed by atoms with E-state index >= 15 is 0 Å². The van der Waals surface area contributed by atoms with Gasteiger partial charge in [0.2, 0.25) is 0 Å². The molecular formula is C28H41N3OS. The van der Waals surface area contributed by atoms with Crippen LogP contribution in [0.15, 0.2) is 59.2 Å². The molecule has 0 bridgehead atoms. The number of aliphatic imine (C=N–C) groups is 1. The predicted molar refractivity (Wildman–Crippen MR) is 146 cm³/mol. The Hall–Kier alpha value is -2.66. The quantitative estimate of drug-likeness (QED) is 0.479. The number of carbonyl (C=O) groups is 1. The molecule has 5 heteroatoms. The highest BCUT2D eigenvalue weighted by Crippen LogP contribution is 2.29. The summed E-state index contributed by atoms with van der Waals surface area (Å²) in [5, 5.41) is 6.37. The Bertz CT molecular complexity index is 1060. The van der Waals surface area contributed by atoms with Gasteiger partial charge >= 0.3 is 0 Å². The fourth-order valence-corrected chi connectivity index (χ4v) is 4.26. The maximum atomic E-state index is 12.5. The molecule has 4 nitrogen and oxygen atoms in total. The van der Waals surface area contributed by atoms with E-state index in [0.29, 0.717) is 6.54 Å². The van der Waals surface area contributed by atoms with Gasteiger partial charge in [0, 0.05) is 25.4 Å². The van der Waals surface area contributed by atoms with Crippen LogP contribution in [0.4, 0.5) is 0 Å². The Morgan fingerprint density at radius 2 is 1.88 bits per heavy atom. The Labute approximate surface area is 205 Å². The van der Waals surface area contributed by atoms with Gasteiger partial charge in [0.1, 0.15) is 5.84 Å². The van der Waals surface area contributed by atoms with E-state index in [0.717, 1.165) is 34.1 Å². The van der Waals surface area contributed by atoms with Gasteiger partial charge in [-0.3, -0.25) is 4.79 Å². The molecule has 33 heavy (non-hydrogen) atoms. The van der Waals surface area contributed by atoms with Crippen molar-refractivity contribution in [1.82, 2.24) is 10.6 Å². The lowest BCUT2D eigenvalue weighted by Crippen LogP contribution is -2.32. The summed E-state index contributed by atoms with van der Waals surface area (Å²) in [6, 6.07) is 12.3. The summed E-state index contributed by atoms with van der Waals surface area (Å²) in [7, 11) is 0. The molecule has 0 radical (unpaired) electrons. The Morgan fingerprint density at radius 1 is 1.15 bits per heavy atom. The van der Waals surface area contributed by atoms with E-state index in [1.165, 1.54) is 36.1 Å². The molecule has 2 aromatic rings. The van der Waals surface area contributed by atoms with Crippen LogP contribution in [0.5, 0.6) is 0 Å². The van der Waals surface area contributed by atoms with Gasteiger partial charge in [-0.2, -0.15) is 0 Å². The first-order valence-electron chi connectivity index (χ1n) is 11.9. The predicted octanol–water partition coefficient (Wildman–Crippen LogP) is 7.47. The zero-order valence-electron chi connectivity index (χ0n) is 20.6. The minimum atomic E-state index is -0.0430. The van der Waals surface area contributed by atoms with Crippen LogP contribution in [-0.4, -0.2) is 18.3 Å². The number of amides is 1. The van der Waals surface area contributed by atoms with Crippen LogP contribution in [-0.2, 0) is 5.41 Å². The van der Waals surface area contributed by atoms with Gasteiger partial charge in [-0.05, 0) is 37.5 Å². The van der Waals surface area contributed by atoms with Crippen molar-refractivity contribution >= 4 is 28.8 Å². The molecule has 2 heterocycles. The highest BCUT2D eigenvalue weighted by Gasteiger charge is 2.19. The van der Waals surface area contributed by atoms with Crippen molar-refractivity contribution in [2.45, 2.75) is 72.1 Å². The summed E-state index contributed by atoms with van der Waals surface area (Å²) in [6.45, 7) is 11.0. The van der Waals surface area contributed by atoms with Crippen molar-refractivity contribution < 1.29 is 7.65 Å². The Morgan fingerprint density at radius 3 is 2.45 bits per heavy atom. The SMILES string of the molecule is C/C=C(\CNC(=O)c1ccc(C(C)(C)C)s1)NC1=NC(c2cccc(C)c2)=CC1.C1CCC1.[HH].[HH]. The monoisotopic (exact) mass is 467 g/mol. The number of nitrogens with one attached hydrogen (secondary N) is 2. The van der Waals surface area contributed by atoms with Crippen LogP contribution in [0.25, 0.3) is 5.70 Å². The number of carbonyl (C=O) groups excluding carboxylic acids is 1. The Balaban J connectivity index is 0.000000927. The molecule has 0 spiro atoms. The number of hydrogen-bond acceptors (Lipinski definition) is 4. The number of aryl methyl sites for hydroxylation is 1. The average Bonchev–Trinajstić information content (AvgIpc) is 3.39. The number of rotatable bonds is 5. The third-order valence-electron chi connectivity index (χ3n) is 5.72. The fraction of sp³-hybridized carbons (Fsp3) is 0.429. The normalized spacial score (nSPS) is 15.6. The maximum Gasteiger partial charge on any atom is 0.261 e. The van der Waals surface area contributed by atoms with Crippen molar-refractivity contribution in [2.75, 3.05) is 6.54 Å². The van der Waals surface area contributed by atoms with Crippen molar-refractivity contribution in [1.29, 1.82) is 0 Å². The first-order valence-corrected chi connectivity index (χ1v) is 12.7. The van der Waals surface area contributed by atoms with Gasteiger partial charge in [-0.1, -0.05) is 82.4 Å². The van der Waals surface area contributed by atoms with Gasteiger partial charge in [0.25, 0.3) is 5.91 Å². The minimum Gasteiger partial charge on any atom is -0.346 e. The van der Waals surface area contributed by atoms with E-state index in [4.69, 9.17) is 4.99 Å². The summed E-state index contributed by atoms with van der Waals surface area (Å²) in [6.07, 6.45) is 10.9. The van der Waals surface area contributed by atoms with E-state index < -0.39 is 0 Å². The van der Waals surface area contributed by atoms with E-state index in [1.807, 2.05) is 25.1 Å². The van der Waals surface area contributed by atoms with Gasteiger partial charge in [0.05, 0.1) is 17.1 Å². The number of hydrogen-bond donors (Lipinski definition) is 2. The highest BCUT2D eigenvalue weighted by atomic mass is 32.1. The number of benzene rings is 1. The topological polar surface area (TPSA) is 53.5 Å². The van der Waals surface area contributed by atoms with Crippen LogP contribution >= 0.6 is 11.3 Å². The van der Waals surface area contributed by atoms with Crippen LogP contribution < -0.4 is 10.6 Å². The molecule has 1 aliphatic carbocycles. The van der Waals surface area contributed by atoms with E-state index in [2.05, 4.69) is 68.7 Å². The van der Waals surface area contributed by atoms with Gasteiger partial charge in [0.15, 0.2) is 0 Å². The average molecular weight is 468 g/mol. The molecule has 1 aliphatic heterocycles. The molecule has 0 unspecified atom stereocenters. The van der Waals surface area contributed by atoms with Crippen LogP contribution in [0.2, 0.25) is 0 Å². The minimum absolute atomic E-state index is 0. The zero-order valence-corrected chi connectivity index (χ0v) is 21.4. The second-order valence-corrected chi connectivity index (χ2v) is 10.8. The smallest absolute Gasteiger partial charge is 0.261 e. The molecular weight excluding hydrogens is 426 g/mol. The van der Waals surface area contributed by atoms with Gasteiger partial charge in [-0.15, -0.1) is 11.3 Å². The first kappa shape index (κ1) is 25.0. The van der Waals surface area contributed by atoms with Crippen LogP contribution in [0, 0.1) is 6.92 Å². The van der Waals surface area contributed by atoms with Crippen molar-refractivity contribution in [3.8, 4) is 0 Å². The fourth-order valence-electron chi connectivity index (χ4n) is 3.28. The van der Waals surface area contributed by atoms with E-state index in [-0.39, 0.29) is 14.2 Å². The van der Waals surface area contributed by atoms with Gasteiger partial charge in [-0.25, -0.2) is 4.99 Å². The lowest BCUT2D eigenvalue weighted by molar-refractivity contribution is 0.0960. The second kappa shape index (κ2) is 11.5. The molecule has 2 aliphatic rings. The molecule has 1 aromatic carbocycles. The molecule has 0 atom stereocenters. The molecule has 4 rings (SSSR count). The van der Waals surface area contributed by atoms with Crippen LogP contribution in [0.3, 0.4) is 0 Å². The first-order chi connectivity index (χ1) is 15.8. The standard InChI is InChI=1S/C24H29N3OS.C4H8.2H2/c1-6-18(15-25-23(28)20-11-12-21(29-20)24(3,4)5)26-22-13-10-19(27-22)17-9-7-8-16(2)14-17;1-2-4-3-1;;/h6-12,14H,13,15H2,1-5H3,(H,25,28)(H,26,27);1-4H2;2*1H/b18-6+;;;. The summed E-state index contributed by atoms with van der Waals surface area (Å²) >= 11 is 1.56. The molecule has 180 valence electrons. The number of thiophene rings is 1.